The highest BCUT2D eigenvalue weighted by molar-refractivity contribution is 7.97. The number of nitrogens with zero attached hydrogens (tertiary/aromatic N) is 1. The van der Waals surface area contributed by atoms with Gasteiger partial charge in [0.05, 0.1) is 14.2 Å². The number of ether oxygens (including phenoxy) is 2. The van der Waals surface area contributed by atoms with Gasteiger partial charge in [-0.25, -0.2) is 8.70 Å². The average Bonchev–Trinajstić information content (AvgIpc) is 2.71. The molecular weight excluding hydrogens is 361 g/mol. The molecule has 3 rings (SSSR count). The lowest BCUT2D eigenvalue weighted by Crippen LogP contribution is -2.15. The van der Waals surface area contributed by atoms with Crippen LogP contribution in [-0.2, 0) is 13.1 Å². The van der Waals surface area contributed by atoms with Crippen LogP contribution in [0.3, 0.4) is 0 Å². The fraction of sp³-hybridized carbons (Fsp3) is 0.182. The molecule has 27 heavy (non-hydrogen) atoms. The molecular formula is C22H22FNO2S. The lowest BCUT2D eigenvalue weighted by molar-refractivity contribution is 0.413. The van der Waals surface area contributed by atoms with Gasteiger partial charge in [-0.3, -0.25) is 0 Å². The fourth-order valence-corrected chi connectivity index (χ4v) is 3.62. The van der Waals surface area contributed by atoms with Crippen molar-refractivity contribution in [2.75, 3.05) is 14.2 Å². The van der Waals surface area contributed by atoms with E-state index in [2.05, 4.69) is 28.6 Å². The van der Waals surface area contributed by atoms with Crippen molar-refractivity contribution in [3.63, 3.8) is 0 Å². The smallest absolute Gasteiger partial charge is 0.123 e. The predicted molar refractivity (Wildman–Crippen MR) is 107 cm³/mol. The molecule has 0 bridgehead atoms. The topological polar surface area (TPSA) is 21.7 Å². The van der Waals surface area contributed by atoms with Crippen molar-refractivity contribution in [2.45, 2.75) is 18.0 Å². The van der Waals surface area contributed by atoms with Gasteiger partial charge in [0.25, 0.3) is 0 Å². The summed E-state index contributed by atoms with van der Waals surface area (Å²) in [5, 5.41) is 0. The largest absolute Gasteiger partial charge is 0.497 e. The van der Waals surface area contributed by atoms with Crippen LogP contribution in [0.2, 0.25) is 0 Å². The first-order valence-electron chi connectivity index (χ1n) is 8.60. The standard InChI is InChI=1S/C22H22FNO2S/c1-25-20-9-3-17(4-10-20)15-24(27-22-13-7-19(23)8-14-22)16-18-5-11-21(26-2)12-6-18/h3-14H,15-16H2,1-2H3. The first-order valence-corrected chi connectivity index (χ1v) is 9.38. The van der Waals surface area contributed by atoms with Crippen molar-refractivity contribution in [1.29, 1.82) is 0 Å². The molecule has 5 heteroatoms. The molecule has 0 aliphatic carbocycles. The first kappa shape index (κ1) is 19.3. The van der Waals surface area contributed by atoms with Gasteiger partial charge in [-0.2, -0.15) is 0 Å². The molecule has 0 spiro atoms. The van der Waals surface area contributed by atoms with Crippen LogP contribution in [0, 0.1) is 5.82 Å². The molecule has 0 N–H and O–H groups in total. The quantitative estimate of drug-likeness (QED) is 0.475. The Bertz CT molecular complexity index is 786. The third-order valence-electron chi connectivity index (χ3n) is 4.08. The van der Waals surface area contributed by atoms with Crippen LogP contribution in [0.1, 0.15) is 11.1 Å². The van der Waals surface area contributed by atoms with Crippen molar-refractivity contribution in [1.82, 2.24) is 4.31 Å². The molecule has 0 saturated heterocycles. The number of rotatable bonds is 8. The van der Waals surface area contributed by atoms with Crippen molar-refractivity contribution in [3.05, 3.63) is 89.7 Å². The minimum atomic E-state index is -0.226. The maximum absolute atomic E-state index is 13.2. The van der Waals surface area contributed by atoms with Crippen molar-refractivity contribution >= 4 is 11.9 Å². The summed E-state index contributed by atoms with van der Waals surface area (Å²) in [5.41, 5.74) is 2.36. The van der Waals surface area contributed by atoms with Crippen LogP contribution in [0.25, 0.3) is 0 Å². The zero-order chi connectivity index (χ0) is 19.1. The molecule has 3 nitrogen and oxygen atoms in total. The van der Waals surface area contributed by atoms with Crippen LogP contribution < -0.4 is 9.47 Å². The van der Waals surface area contributed by atoms with Crippen LogP contribution in [-0.4, -0.2) is 18.5 Å². The SMILES string of the molecule is COc1ccc(CN(Cc2ccc(OC)cc2)Sc2ccc(F)cc2)cc1. The van der Waals surface area contributed by atoms with E-state index in [1.165, 1.54) is 23.3 Å². The highest BCUT2D eigenvalue weighted by Crippen LogP contribution is 2.28. The second-order valence-electron chi connectivity index (χ2n) is 6.04. The third kappa shape index (κ3) is 5.74. The summed E-state index contributed by atoms with van der Waals surface area (Å²) < 4.78 is 25.9. The van der Waals surface area contributed by atoms with E-state index < -0.39 is 0 Å². The molecule has 0 saturated carbocycles. The molecule has 3 aromatic carbocycles. The number of halogens is 1. The highest BCUT2D eigenvalue weighted by Gasteiger charge is 2.10. The number of hydrogen-bond acceptors (Lipinski definition) is 4. The Morgan fingerprint density at radius 2 is 1.15 bits per heavy atom. The molecule has 0 unspecified atom stereocenters. The van der Waals surface area contributed by atoms with Gasteiger partial charge in [-0.05, 0) is 71.6 Å². The van der Waals surface area contributed by atoms with Gasteiger partial charge in [0.15, 0.2) is 0 Å². The van der Waals surface area contributed by atoms with Gasteiger partial charge in [0, 0.05) is 18.0 Å². The second kappa shape index (κ2) is 9.44. The Balaban J connectivity index is 1.76. The van der Waals surface area contributed by atoms with E-state index in [1.807, 2.05) is 24.3 Å². The van der Waals surface area contributed by atoms with E-state index in [0.29, 0.717) is 0 Å². The molecule has 0 atom stereocenters. The molecule has 0 aliphatic heterocycles. The van der Waals surface area contributed by atoms with E-state index in [-0.39, 0.29) is 5.82 Å². The zero-order valence-corrected chi connectivity index (χ0v) is 16.2. The molecule has 0 aromatic heterocycles. The Hall–Kier alpha value is -2.50. The third-order valence-corrected chi connectivity index (χ3v) is 5.08. The summed E-state index contributed by atoms with van der Waals surface area (Å²) in [5.74, 6) is 1.45. The van der Waals surface area contributed by atoms with Gasteiger partial charge in [-0.1, -0.05) is 24.3 Å². The molecule has 0 amide bonds. The minimum Gasteiger partial charge on any atom is -0.497 e. The van der Waals surface area contributed by atoms with E-state index in [9.17, 15) is 4.39 Å². The maximum atomic E-state index is 13.2. The summed E-state index contributed by atoms with van der Waals surface area (Å²) in [6.07, 6.45) is 0. The second-order valence-corrected chi connectivity index (χ2v) is 7.21. The van der Waals surface area contributed by atoms with E-state index in [0.717, 1.165) is 29.5 Å². The van der Waals surface area contributed by atoms with Gasteiger partial charge >= 0.3 is 0 Å². The van der Waals surface area contributed by atoms with E-state index >= 15 is 0 Å². The van der Waals surface area contributed by atoms with E-state index in [4.69, 9.17) is 9.47 Å². The van der Waals surface area contributed by atoms with Crippen molar-refractivity contribution in [3.8, 4) is 11.5 Å². The molecule has 140 valence electrons. The number of methoxy groups -OCH3 is 2. The first-order chi connectivity index (χ1) is 13.2. The summed E-state index contributed by atoms with van der Waals surface area (Å²) in [6.45, 7) is 1.50. The summed E-state index contributed by atoms with van der Waals surface area (Å²) >= 11 is 1.61. The molecule has 0 aliphatic rings. The Labute approximate surface area is 163 Å². The normalized spacial score (nSPS) is 10.8. The lowest BCUT2D eigenvalue weighted by Gasteiger charge is -2.22. The van der Waals surface area contributed by atoms with E-state index in [1.54, 1.807) is 38.3 Å². The van der Waals surface area contributed by atoms with Crippen LogP contribution in [0.15, 0.2) is 77.7 Å². The minimum absolute atomic E-state index is 0.226. The molecule has 3 aromatic rings. The summed E-state index contributed by atoms with van der Waals surface area (Å²) in [6, 6.07) is 22.7. The Morgan fingerprint density at radius 3 is 1.56 bits per heavy atom. The molecule has 0 heterocycles. The zero-order valence-electron chi connectivity index (χ0n) is 15.4. The number of benzene rings is 3. The summed E-state index contributed by atoms with van der Waals surface area (Å²) in [4.78, 5) is 0.999. The van der Waals surface area contributed by atoms with Gasteiger partial charge < -0.3 is 9.47 Å². The monoisotopic (exact) mass is 383 g/mol. The van der Waals surface area contributed by atoms with Crippen LogP contribution in [0.4, 0.5) is 4.39 Å². The maximum Gasteiger partial charge on any atom is 0.123 e. The summed E-state index contributed by atoms with van der Waals surface area (Å²) in [7, 11) is 3.32. The Morgan fingerprint density at radius 1 is 0.704 bits per heavy atom. The molecule has 0 radical (unpaired) electrons. The predicted octanol–water partition coefficient (Wildman–Crippen LogP) is 5.55. The van der Waals surface area contributed by atoms with Gasteiger partial charge in [0.1, 0.15) is 17.3 Å². The Kier molecular flexibility index (Phi) is 6.74. The molecule has 0 fully saturated rings. The van der Waals surface area contributed by atoms with Crippen LogP contribution in [0.5, 0.6) is 11.5 Å². The average molecular weight is 383 g/mol. The van der Waals surface area contributed by atoms with Crippen molar-refractivity contribution < 1.29 is 13.9 Å². The van der Waals surface area contributed by atoms with Gasteiger partial charge in [-0.15, -0.1) is 0 Å². The van der Waals surface area contributed by atoms with Crippen LogP contribution >= 0.6 is 11.9 Å². The van der Waals surface area contributed by atoms with Gasteiger partial charge in [0.2, 0.25) is 0 Å². The number of hydrogen-bond donors (Lipinski definition) is 0. The lowest BCUT2D eigenvalue weighted by atomic mass is 10.2. The highest BCUT2D eigenvalue weighted by atomic mass is 32.2. The van der Waals surface area contributed by atoms with Crippen molar-refractivity contribution in [2.24, 2.45) is 0 Å². The fourth-order valence-electron chi connectivity index (χ4n) is 2.63.